The first-order chi connectivity index (χ1) is 17.8. The smallest absolute Gasteiger partial charge is 0.350 e. The average molecular weight is 518 g/mol. The lowest BCUT2D eigenvalue weighted by atomic mass is 9.67. The van der Waals surface area contributed by atoms with E-state index in [4.69, 9.17) is 0 Å². The van der Waals surface area contributed by atoms with Gasteiger partial charge in [0.05, 0.1) is 11.1 Å². The van der Waals surface area contributed by atoms with Crippen molar-refractivity contribution in [1.82, 2.24) is 15.6 Å². The predicted molar refractivity (Wildman–Crippen MR) is 141 cm³/mol. The third-order valence-corrected chi connectivity index (χ3v) is 9.27. The molecule has 1 aliphatic heterocycles. The van der Waals surface area contributed by atoms with Gasteiger partial charge in [0.2, 0.25) is 0 Å². The number of para-hydroxylation sites is 1. The maximum Gasteiger partial charge on any atom is 0.418 e. The number of H-pyrrole nitrogens is 1. The summed E-state index contributed by atoms with van der Waals surface area (Å²) in [5.74, 6) is 0.551. The second kappa shape index (κ2) is 11.0. The number of carbonyl (C=O) groups excluding carboxylic acids is 1. The van der Waals surface area contributed by atoms with Gasteiger partial charge >= 0.3 is 6.18 Å². The summed E-state index contributed by atoms with van der Waals surface area (Å²) in [7, 11) is 0. The molecule has 3 unspecified atom stereocenters. The van der Waals surface area contributed by atoms with E-state index in [2.05, 4.69) is 22.5 Å². The number of carbonyl (C=O) groups is 1. The zero-order valence-corrected chi connectivity index (χ0v) is 22.1. The van der Waals surface area contributed by atoms with Gasteiger partial charge in [-0.25, -0.2) is 0 Å². The normalized spacial score (nSPS) is 26.5. The zero-order valence-electron chi connectivity index (χ0n) is 22.1. The maximum absolute atomic E-state index is 13.5. The van der Waals surface area contributed by atoms with E-state index in [1.807, 2.05) is 0 Å². The molecule has 3 aliphatic rings. The SMILES string of the molecule is CC1CC2(CCCCCCCCCC2)CNC1C(NC(=O)c1cc2cccc(C(F)(F)F)c2[nH]1)C1CC1. The molecular weight excluding hydrogens is 475 g/mol. The number of amides is 1. The molecule has 204 valence electrons. The number of hydrogen-bond acceptors (Lipinski definition) is 2. The Morgan fingerprint density at radius 3 is 2.27 bits per heavy atom. The fraction of sp³-hybridized carbons (Fsp3) is 0.700. The third kappa shape index (κ3) is 6.18. The van der Waals surface area contributed by atoms with E-state index in [-0.39, 0.29) is 29.2 Å². The van der Waals surface area contributed by atoms with Crippen molar-refractivity contribution in [1.29, 1.82) is 0 Å². The number of benzene rings is 1. The van der Waals surface area contributed by atoms with Crippen molar-refractivity contribution >= 4 is 16.8 Å². The molecule has 5 rings (SSSR count). The predicted octanol–water partition coefficient (Wildman–Crippen LogP) is 7.59. The number of aromatic nitrogens is 1. The van der Waals surface area contributed by atoms with Gasteiger partial charge in [-0.2, -0.15) is 13.2 Å². The number of fused-ring (bicyclic) bond motifs is 1. The highest BCUT2D eigenvalue weighted by Gasteiger charge is 2.45. The first-order valence-electron chi connectivity index (χ1n) is 14.5. The fourth-order valence-electron chi connectivity index (χ4n) is 7.17. The molecule has 3 N–H and O–H groups in total. The van der Waals surface area contributed by atoms with E-state index in [0.717, 1.165) is 25.5 Å². The molecule has 3 fully saturated rings. The Kier molecular flexibility index (Phi) is 7.90. The molecule has 1 saturated heterocycles. The summed E-state index contributed by atoms with van der Waals surface area (Å²) in [5, 5.41) is 7.53. The molecule has 2 aliphatic carbocycles. The van der Waals surface area contributed by atoms with Gasteiger partial charge in [-0.15, -0.1) is 0 Å². The minimum Gasteiger partial charge on any atom is -0.350 e. The summed E-state index contributed by atoms with van der Waals surface area (Å²) in [6.07, 6.45) is 12.2. The van der Waals surface area contributed by atoms with Crippen LogP contribution in [0.2, 0.25) is 0 Å². The summed E-state index contributed by atoms with van der Waals surface area (Å²) < 4.78 is 40.4. The molecule has 7 heteroatoms. The Morgan fingerprint density at radius 1 is 1.03 bits per heavy atom. The molecule has 1 spiro atoms. The van der Waals surface area contributed by atoms with E-state index < -0.39 is 11.7 Å². The molecule has 4 nitrogen and oxygen atoms in total. The summed E-state index contributed by atoms with van der Waals surface area (Å²) in [6.45, 7) is 3.33. The first-order valence-corrected chi connectivity index (χ1v) is 14.5. The van der Waals surface area contributed by atoms with E-state index in [9.17, 15) is 18.0 Å². The molecule has 1 aromatic carbocycles. The van der Waals surface area contributed by atoms with Gasteiger partial charge in [0.1, 0.15) is 5.69 Å². The number of hydrogen-bond donors (Lipinski definition) is 3. The lowest BCUT2D eigenvalue weighted by Crippen LogP contribution is -2.60. The minimum absolute atomic E-state index is 0.00363. The van der Waals surface area contributed by atoms with Crippen LogP contribution in [0.4, 0.5) is 13.2 Å². The average Bonchev–Trinajstić information content (AvgIpc) is 3.60. The van der Waals surface area contributed by atoms with Crippen molar-refractivity contribution in [3.8, 4) is 0 Å². The van der Waals surface area contributed by atoms with Crippen LogP contribution in [0.3, 0.4) is 0 Å². The minimum atomic E-state index is -4.47. The Hall–Kier alpha value is -2.02. The van der Waals surface area contributed by atoms with Gasteiger partial charge in [0.25, 0.3) is 5.91 Å². The molecule has 2 heterocycles. The number of rotatable bonds is 4. The quantitative estimate of drug-likeness (QED) is 0.391. The molecule has 37 heavy (non-hydrogen) atoms. The Morgan fingerprint density at radius 2 is 1.68 bits per heavy atom. The van der Waals surface area contributed by atoms with E-state index in [1.54, 1.807) is 12.1 Å². The summed E-state index contributed by atoms with van der Waals surface area (Å²) in [4.78, 5) is 16.1. The highest BCUT2D eigenvalue weighted by molar-refractivity contribution is 5.99. The second-order valence-electron chi connectivity index (χ2n) is 12.2. The Bertz CT molecular complexity index is 1060. The summed E-state index contributed by atoms with van der Waals surface area (Å²) in [6, 6.07) is 5.78. The van der Waals surface area contributed by atoms with Crippen LogP contribution in [-0.4, -0.2) is 29.5 Å². The van der Waals surface area contributed by atoms with Crippen LogP contribution in [0.1, 0.15) is 106 Å². The van der Waals surface area contributed by atoms with Crippen molar-refractivity contribution in [2.24, 2.45) is 17.3 Å². The number of nitrogens with one attached hydrogen (secondary N) is 3. The number of halogens is 3. The van der Waals surface area contributed by atoms with Crippen LogP contribution in [0.5, 0.6) is 0 Å². The zero-order chi connectivity index (χ0) is 26.0. The molecule has 3 atom stereocenters. The van der Waals surface area contributed by atoms with E-state index >= 15 is 0 Å². The van der Waals surface area contributed by atoms with Crippen LogP contribution >= 0.6 is 0 Å². The van der Waals surface area contributed by atoms with Crippen LogP contribution < -0.4 is 10.6 Å². The van der Waals surface area contributed by atoms with Crippen molar-refractivity contribution in [3.63, 3.8) is 0 Å². The van der Waals surface area contributed by atoms with Gasteiger partial charge in [0.15, 0.2) is 0 Å². The van der Waals surface area contributed by atoms with Crippen molar-refractivity contribution in [2.75, 3.05) is 6.54 Å². The Balaban J connectivity index is 1.29. The Labute approximate surface area is 218 Å². The molecule has 1 aromatic heterocycles. The third-order valence-electron chi connectivity index (χ3n) is 9.27. The molecule has 0 bridgehead atoms. The largest absolute Gasteiger partial charge is 0.418 e. The molecule has 0 radical (unpaired) electrons. The van der Waals surface area contributed by atoms with Gasteiger partial charge in [-0.05, 0) is 61.5 Å². The molecule has 2 aromatic rings. The first kappa shape index (κ1) is 26.6. The topological polar surface area (TPSA) is 56.9 Å². The second-order valence-corrected chi connectivity index (χ2v) is 12.2. The summed E-state index contributed by atoms with van der Waals surface area (Å²) in [5.41, 5.74) is -0.220. The van der Waals surface area contributed by atoms with E-state index in [1.165, 1.54) is 76.7 Å². The number of alkyl halides is 3. The van der Waals surface area contributed by atoms with Gasteiger partial charge in [-0.3, -0.25) is 4.79 Å². The molecular formula is C30H42F3N3O. The molecule has 2 saturated carbocycles. The van der Waals surface area contributed by atoms with Crippen LogP contribution in [-0.2, 0) is 6.18 Å². The van der Waals surface area contributed by atoms with Crippen molar-refractivity contribution in [3.05, 3.63) is 35.5 Å². The van der Waals surface area contributed by atoms with Crippen molar-refractivity contribution < 1.29 is 18.0 Å². The summed E-state index contributed by atoms with van der Waals surface area (Å²) >= 11 is 0. The van der Waals surface area contributed by atoms with Gasteiger partial charge in [0, 0.05) is 24.0 Å². The van der Waals surface area contributed by atoms with Crippen LogP contribution in [0.15, 0.2) is 24.3 Å². The lowest BCUT2D eigenvalue weighted by molar-refractivity contribution is -0.136. The fourth-order valence-corrected chi connectivity index (χ4v) is 7.17. The van der Waals surface area contributed by atoms with Crippen molar-refractivity contribution in [2.45, 2.75) is 109 Å². The van der Waals surface area contributed by atoms with Gasteiger partial charge in [-0.1, -0.05) is 70.4 Å². The molecule has 1 amide bonds. The lowest BCUT2D eigenvalue weighted by Gasteiger charge is -2.47. The highest BCUT2D eigenvalue weighted by Crippen LogP contribution is 2.45. The van der Waals surface area contributed by atoms with Gasteiger partial charge < -0.3 is 15.6 Å². The number of piperidine rings is 1. The standard InChI is InChI=1S/C30H42F3N3O/c1-20-18-29(15-8-6-4-2-3-5-7-9-16-29)19-34-25(20)27(21-13-14-21)36-28(37)24-17-22-11-10-12-23(26(22)35-24)30(31,32)33/h10-12,17,20-21,25,27,34-35H,2-9,13-16,18-19H2,1H3,(H,36,37). The van der Waals surface area contributed by atoms with Crippen LogP contribution in [0, 0.1) is 17.3 Å². The van der Waals surface area contributed by atoms with Crippen LogP contribution in [0.25, 0.3) is 10.9 Å². The monoisotopic (exact) mass is 517 g/mol. The highest BCUT2D eigenvalue weighted by atomic mass is 19.4. The number of aromatic amines is 1. The van der Waals surface area contributed by atoms with E-state index in [0.29, 0.717) is 22.6 Å². The maximum atomic E-state index is 13.5.